The Labute approximate surface area is 122 Å². The summed E-state index contributed by atoms with van der Waals surface area (Å²) in [6.45, 7) is 6.79. The van der Waals surface area contributed by atoms with E-state index in [1.54, 1.807) is 6.07 Å². The highest BCUT2D eigenvalue weighted by Crippen LogP contribution is 2.23. The van der Waals surface area contributed by atoms with Crippen molar-refractivity contribution in [2.24, 2.45) is 0 Å². The monoisotopic (exact) mass is 362 g/mol. The fraction of sp³-hybridized carbons (Fsp3) is 0.571. The number of nitrogens with zero attached hydrogens (tertiary/aromatic N) is 1. The molecule has 0 aromatic heterocycles. The first-order valence-electron chi connectivity index (χ1n) is 6.52. The molecular formula is C14H20FIN2. The summed E-state index contributed by atoms with van der Waals surface area (Å²) < 4.78 is 14.0. The molecule has 18 heavy (non-hydrogen) atoms. The molecule has 4 heteroatoms. The Balaban J connectivity index is 1.91. The van der Waals surface area contributed by atoms with E-state index >= 15 is 0 Å². The lowest BCUT2D eigenvalue weighted by molar-refractivity contribution is 0.177. The van der Waals surface area contributed by atoms with Crippen LogP contribution in [0, 0.1) is 9.39 Å². The Kier molecular flexibility index (Phi) is 4.84. The zero-order valence-corrected chi connectivity index (χ0v) is 13.1. The summed E-state index contributed by atoms with van der Waals surface area (Å²) in [4.78, 5) is 2.51. The summed E-state index contributed by atoms with van der Waals surface area (Å²) in [7, 11) is 0. The smallest absolute Gasteiger partial charge is 0.124 e. The Morgan fingerprint density at radius 3 is 2.56 bits per heavy atom. The second kappa shape index (κ2) is 6.19. The molecule has 100 valence electrons. The summed E-state index contributed by atoms with van der Waals surface area (Å²) in [5.74, 6) is -0.167. The Bertz CT molecular complexity index is 401. The van der Waals surface area contributed by atoms with Crippen molar-refractivity contribution in [2.75, 3.05) is 18.4 Å². The zero-order chi connectivity index (χ0) is 13.1. The second-order valence-corrected chi connectivity index (χ2v) is 6.33. The molecule has 1 saturated heterocycles. The van der Waals surface area contributed by atoms with E-state index in [1.807, 2.05) is 6.07 Å². The van der Waals surface area contributed by atoms with Gasteiger partial charge in [-0.25, -0.2) is 4.39 Å². The first-order valence-corrected chi connectivity index (χ1v) is 7.60. The molecular weight excluding hydrogens is 342 g/mol. The lowest BCUT2D eigenvalue weighted by atomic mass is 10.0. The number of halogens is 2. The Morgan fingerprint density at radius 1 is 1.33 bits per heavy atom. The predicted octanol–water partition coefficient (Wildman–Crippen LogP) is 3.72. The van der Waals surface area contributed by atoms with Crippen LogP contribution in [0.2, 0.25) is 0 Å². The van der Waals surface area contributed by atoms with Gasteiger partial charge in [-0.05, 0) is 67.5 Å². The number of hydrogen-bond donors (Lipinski definition) is 1. The van der Waals surface area contributed by atoms with Crippen LogP contribution in [0.3, 0.4) is 0 Å². The number of benzene rings is 1. The molecule has 0 atom stereocenters. The molecule has 2 nitrogen and oxygen atoms in total. The highest BCUT2D eigenvalue weighted by Gasteiger charge is 2.20. The maximum atomic E-state index is 13.0. The zero-order valence-electron chi connectivity index (χ0n) is 10.9. The summed E-state index contributed by atoms with van der Waals surface area (Å²) in [5, 5.41) is 3.53. The van der Waals surface area contributed by atoms with E-state index < -0.39 is 0 Å². The normalized spacial score (nSPS) is 18.3. The van der Waals surface area contributed by atoms with Gasteiger partial charge in [0.05, 0.1) is 0 Å². The Hall–Kier alpha value is -0.360. The highest BCUT2D eigenvalue weighted by molar-refractivity contribution is 14.1. The predicted molar refractivity (Wildman–Crippen MR) is 82.5 cm³/mol. The van der Waals surface area contributed by atoms with Crippen molar-refractivity contribution in [2.45, 2.75) is 38.8 Å². The van der Waals surface area contributed by atoms with Gasteiger partial charge in [0, 0.05) is 34.4 Å². The molecule has 0 radical (unpaired) electrons. The van der Waals surface area contributed by atoms with E-state index in [1.165, 1.54) is 6.07 Å². The molecule has 1 aliphatic rings. The van der Waals surface area contributed by atoms with Crippen molar-refractivity contribution in [3.05, 3.63) is 27.6 Å². The molecule has 1 aromatic rings. The summed E-state index contributed by atoms with van der Waals surface area (Å²) >= 11 is 2.18. The first kappa shape index (κ1) is 14.1. The third kappa shape index (κ3) is 3.57. The summed E-state index contributed by atoms with van der Waals surface area (Å²) in [5.41, 5.74) is 1.06. The van der Waals surface area contributed by atoms with Gasteiger partial charge in [-0.2, -0.15) is 0 Å². The number of nitrogens with one attached hydrogen (secondary N) is 1. The van der Waals surface area contributed by atoms with Gasteiger partial charge in [0.15, 0.2) is 0 Å². The fourth-order valence-corrected chi connectivity index (χ4v) is 3.02. The van der Waals surface area contributed by atoms with E-state index in [2.05, 4.69) is 46.7 Å². The molecule has 0 bridgehead atoms. The number of hydrogen-bond acceptors (Lipinski definition) is 2. The standard InChI is InChI=1S/C14H20FIN2/c1-10(2)18-7-5-12(6-8-18)17-14-4-3-11(15)9-13(14)16/h3-4,9-10,12,17H,5-8H2,1-2H3. The van der Waals surface area contributed by atoms with Gasteiger partial charge >= 0.3 is 0 Å². The Morgan fingerprint density at radius 2 is 2.00 bits per heavy atom. The van der Waals surface area contributed by atoms with Crippen molar-refractivity contribution in [1.29, 1.82) is 0 Å². The quantitative estimate of drug-likeness (QED) is 0.825. The van der Waals surface area contributed by atoms with E-state index in [4.69, 9.17) is 0 Å². The number of anilines is 1. The van der Waals surface area contributed by atoms with Crippen LogP contribution in [-0.2, 0) is 0 Å². The maximum absolute atomic E-state index is 13.0. The molecule has 0 unspecified atom stereocenters. The molecule has 1 N–H and O–H groups in total. The fourth-order valence-electron chi connectivity index (χ4n) is 2.39. The van der Waals surface area contributed by atoms with Crippen LogP contribution in [-0.4, -0.2) is 30.1 Å². The maximum Gasteiger partial charge on any atom is 0.124 e. The van der Waals surface area contributed by atoms with Crippen LogP contribution in [0.5, 0.6) is 0 Å². The molecule has 1 fully saturated rings. The van der Waals surface area contributed by atoms with Crippen LogP contribution in [0.25, 0.3) is 0 Å². The van der Waals surface area contributed by atoms with E-state index in [-0.39, 0.29) is 5.82 Å². The second-order valence-electron chi connectivity index (χ2n) is 5.17. The molecule has 2 rings (SSSR count). The molecule has 0 aliphatic carbocycles. The minimum absolute atomic E-state index is 0.167. The van der Waals surface area contributed by atoms with Crippen LogP contribution < -0.4 is 5.32 Å². The van der Waals surface area contributed by atoms with Crippen LogP contribution in [0.15, 0.2) is 18.2 Å². The van der Waals surface area contributed by atoms with E-state index in [0.29, 0.717) is 12.1 Å². The van der Waals surface area contributed by atoms with E-state index in [0.717, 1.165) is 35.2 Å². The first-order chi connectivity index (χ1) is 8.56. The minimum atomic E-state index is -0.167. The third-order valence-electron chi connectivity index (χ3n) is 3.55. The van der Waals surface area contributed by atoms with Crippen molar-refractivity contribution < 1.29 is 4.39 Å². The minimum Gasteiger partial charge on any atom is -0.381 e. The van der Waals surface area contributed by atoms with Gasteiger partial charge in [-0.15, -0.1) is 0 Å². The molecule has 0 amide bonds. The average molecular weight is 362 g/mol. The van der Waals surface area contributed by atoms with Crippen LogP contribution >= 0.6 is 22.6 Å². The number of likely N-dealkylation sites (tertiary alicyclic amines) is 1. The largest absolute Gasteiger partial charge is 0.381 e. The van der Waals surface area contributed by atoms with Crippen molar-refractivity contribution in [3.63, 3.8) is 0 Å². The summed E-state index contributed by atoms with van der Waals surface area (Å²) in [6, 6.07) is 6.09. The molecule has 1 heterocycles. The molecule has 0 saturated carbocycles. The van der Waals surface area contributed by atoms with Gasteiger partial charge in [0.25, 0.3) is 0 Å². The van der Waals surface area contributed by atoms with Gasteiger partial charge in [-0.1, -0.05) is 0 Å². The van der Waals surface area contributed by atoms with Crippen molar-refractivity contribution >= 4 is 28.3 Å². The molecule has 1 aromatic carbocycles. The van der Waals surface area contributed by atoms with Gasteiger partial charge in [0.1, 0.15) is 5.82 Å². The topological polar surface area (TPSA) is 15.3 Å². The van der Waals surface area contributed by atoms with Crippen LogP contribution in [0.4, 0.5) is 10.1 Å². The lowest BCUT2D eigenvalue weighted by Crippen LogP contribution is -2.42. The van der Waals surface area contributed by atoms with Gasteiger partial charge < -0.3 is 10.2 Å². The number of piperidine rings is 1. The number of rotatable bonds is 3. The summed E-state index contributed by atoms with van der Waals surface area (Å²) in [6.07, 6.45) is 2.32. The molecule has 0 spiro atoms. The highest BCUT2D eigenvalue weighted by atomic mass is 127. The van der Waals surface area contributed by atoms with Crippen molar-refractivity contribution in [1.82, 2.24) is 4.90 Å². The van der Waals surface area contributed by atoms with E-state index in [9.17, 15) is 4.39 Å². The molecule has 1 aliphatic heterocycles. The van der Waals surface area contributed by atoms with Crippen molar-refractivity contribution in [3.8, 4) is 0 Å². The van der Waals surface area contributed by atoms with Gasteiger partial charge in [-0.3, -0.25) is 0 Å². The third-order valence-corrected chi connectivity index (χ3v) is 4.44. The van der Waals surface area contributed by atoms with Gasteiger partial charge in [0.2, 0.25) is 0 Å². The van der Waals surface area contributed by atoms with Crippen LogP contribution in [0.1, 0.15) is 26.7 Å². The SMILES string of the molecule is CC(C)N1CCC(Nc2ccc(F)cc2I)CC1. The average Bonchev–Trinajstić information content (AvgIpc) is 2.33. The lowest BCUT2D eigenvalue weighted by Gasteiger charge is -2.35.